The molecule has 1 amide bonds. The Morgan fingerprint density at radius 2 is 2.00 bits per heavy atom. The number of amides is 1. The Morgan fingerprint density at radius 3 is 2.64 bits per heavy atom. The molecule has 1 fully saturated rings. The molecule has 2 aromatic rings. The van der Waals surface area contributed by atoms with Crippen molar-refractivity contribution in [1.82, 2.24) is 25.5 Å². The summed E-state index contributed by atoms with van der Waals surface area (Å²) in [6.07, 6.45) is 2.17. The summed E-state index contributed by atoms with van der Waals surface area (Å²) >= 11 is 1.38. The second-order valence-corrected chi connectivity index (χ2v) is 7.07. The molecule has 1 heterocycles. The number of carbonyl (C=O) groups excluding carboxylic acids is 1. The average molecular weight is 317 g/mol. The van der Waals surface area contributed by atoms with Crippen LogP contribution in [0.1, 0.15) is 30.9 Å². The van der Waals surface area contributed by atoms with Crippen molar-refractivity contribution in [2.45, 2.75) is 50.1 Å². The van der Waals surface area contributed by atoms with Crippen LogP contribution < -0.4 is 5.32 Å². The van der Waals surface area contributed by atoms with E-state index in [9.17, 15) is 4.79 Å². The lowest BCUT2D eigenvalue weighted by molar-refractivity contribution is -0.120. The van der Waals surface area contributed by atoms with Crippen LogP contribution in [0.4, 0.5) is 0 Å². The minimum atomic E-state index is -0.226. The van der Waals surface area contributed by atoms with Crippen LogP contribution in [-0.2, 0) is 4.79 Å². The molecule has 0 radical (unpaired) electrons. The van der Waals surface area contributed by atoms with E-state index in [2.05, 4.69) is 26.9 Å². The van der Waals surface area contributed by atoms with E-state index in [1.165, 1.54) is 11.8 Å². The molecule has 22 heavy (non-hydrogen) atoms. The number of aromatic nitrogens is 4. The lowest BCUT2D eigenvalue weighted by atomic mass is 10.1. The first-order valence-electron chi connectivity index (χ1n) is 7.37. The van der Waals surface area contributed by atoms with Crippen LogP contribution in [-0.4, -0.2) is 37.4 Å². The molecule has 1 aliphatic carbocycles. The van der Waals surface area contributed by atoms with Crippen LogP contribution in [0.25, 0.3) is 5.69 Å². The van der Waals surface area contributed by atoms with Crippen molar-refractivity contribution in [3.8, 4) is 5.69 Å². The minimum absolute atomic E-state index is 0.0440. The Labute approximate surface area is 133 Å². The fourth-order valence-electron chi connectivity index (χ4n) is 2.25. The zero-order valence-corrected chi connectivity index (χ0v) is 13.7. The van der Waals surface area contributed by atoms with Crippen LogP contribution in [0.5, 0.6) is 0 Å². The summed E-state index contributed by atoms with van der Waals surface area (Å²) in [6, 6.07) is 6.53. The van der Waals surface area contributed by atoms with Gasteiger partial charge in [-0.2, -0.15) is 4.68 Å². The van der Waals surface area contributed by atoms with Gasteiger partial charge >= 0.3 is 0 Å². The van der Waals surface area contributed by atoms with E-state index in [1.54, 1.807) is 4.68 Å². The van der Waals surface area contributed by atoms with E-state index in [0.717, 1.165) is 29.7 Å². The number of aryl methyl sites for hydroxylation is 2. The van der Waals surface area contributed by atoms with Crippen LogP contribution >= 0.6 is 11.8 Å². The molecule has 0 unspecified atom stereocenters. The van der Waals surface area contributed by atoms with Gasteiger partial charge in [0.15, 0.2) is 0 Å². The van der Waals surface area contributed by atoms with E-state index in [4.69, 9.17) is 0 Å². The maximum absolute atomic E-state index is 12.1. The molecule has 0 spiro atoms. The molecule has 3 rings (SSSR count). The highest BCUT2D eigenvalue weighted by molar-refractivity contribution is 8.00. The number of thioether (sulfide) groups is 1. The molecule has 6 nitrogen and oxygen atoms in total. The van der Waals surface area contributed by atoms with E-state index >= 15 is 0 Å². The molecule has 1 atom stereocenters. The topological polar surface area (TPSA) is 72.7 Å². The van der Waals surface area contributed by atoms with Gasteiger partial charge < -0.3 is 5.32 Å². The maximum Gasteiger partial charge on any atom is 0.233 e. The van der Waals surface area contributed by atoms with Crippen molar-refractivity contribution in [2.75, 3.05) is 0 Å². The number of benzene rings is 1. The highest BCUT2D eigenvalue weighted by Gasteiger charge is 2.27. The number of hydrogen-bond acceptors (Lipinski definition) is 5. The summed E-state index contributed by atoms with van der Waals surface area (Å²) in [5, 5.41) is 15.3. The van der Waals surface area contributed by atoms with Crippen LogP contribution in [0, 0.1) is 13.8 Å². The Morgan fingerprint density at radius 1 is 1.32 bits per heavy atom. The van der Waals surface area contributed by atoms with E-state index in [0.29, 0.717) is 11.2 Å². The van der Waals surface area contributed by atoms with Crippen molar-refractivity contribution in [2.24, 2.45) is 0 Å². The maximum atomic E-state index is 12.1. The summed E-state index contributed by atoms with van der Waals surface area (Å²) in [6.45, 7) is 5.96. The summed E-state index contributed by atoms with van der Waals surface area (Å²) in [5.74, 6) is 0.0440. The normalized spacial score (nSPS) is 15.6. The molecule has 0 aliphatic heterocycles. The fraction of sp³-hybridized carbons (Fsp3) is 0.467. The third kappa shape index (κ3) is 3.47. The number of nitrogens with zero attached hydrogens (tertiary/aromatic N) is 4. The SMILES string of the molecule is Cc1cc(C)cc(-n2nnnc2S[C@@H](C)C(=O)NC2CC2)c1. The summed E-state index contributed by atoms with van der Waals surface area (Å²) in [7, 11) is 0. The first-order valence-corrected chi connectivity index (χ1v) is 8.25. The Kier molecular flexibility index (Phi) is 4.15. The first-order chi connectivity index (χ1) is 10.5. The first kappa shape index (κ1) is 15.0. The van der Waals surface area contributed by atoms with Gasteiger partial charge in [-0.25, -0.2) is 0 Å². The van der Waals surface area contributed by atoms with E-state index in [-0.39, 0.29) is 11.2 Å². The predicted octanol–water partition coefficient (Wildman–Crippen LogP) is 2.04. The van der Waals surface area contributed by atoms with Gasteiger partial charge in [0.1, 0.15) is 0 Å². The molecular weight excluding hydrogens is 298 g/mol. The highest BCUT2D eigenvalue weighted by Crippen LogP contribution is 2.25. The standard InChI is InChI=1S/C15H19N5OS/c1-9-6-10(2)8-13(7-9)20-15(17-18-19-20)22-11(3)14(21)16-12-4-5-12/h6-8,11-12H,4-5H2,1-3H3,(H,16,21)/t11-/m0/s1. The van der Waals surface area contributed by atoms with E-state index in [1.807, 2.05) is 32.9 Å². The van der Waals surface area contributed by atoms with Gasteiger partial charge in [0.05, 0.1) is 10.9 Å². The van der Waals surface area contributed by atoms with Gasteiger partial charge in [-0.05, 0) is 67.3 Å². The van der Waals surface area contributed by atoms with Crippen molar-refractivity contribution < 1.29 is 4.79 Å². The average Bonchev–Trinajstić information content (AvgIpc) is 3.13. The highest BCUT2D eigenvalue weighted by atomic mass is 32.2. The molecule has 1 saturated carbocycles. The second-order valence-electron chi connectivity index (χ2n) is 5.76. The smallest absolute Gasteiger partial charge is 0.233 e. The van der Waals surface area contributed by atoms with Crippen LogP contribution in [0.15, 0.2) is 23.4 Å². The number of carbonyl (C=O) groups is 1. The number of tetrazole rings is 1. The van der Waals surface area contributed by atoms with Gasteiger partial charge in [0.2, 0.25) is 11.1 Å². The van der Waals surface area contributed by atoms with Crippen molar-refractivity contribution >= 4 is 17.7 Å². The number of hydrogen-bond donors (Lipinski definition) is 1. The van der Waals surface area contributed by atoms with Crippen molar-refractivity contribution in [3.63, 3.8) is 0 Å². The van der Waals surface area contributed by atoms with Crippen LogP contribution in [0.2, 0.25) is 0 Å². The van der Waals surface area contributed by atoms with Gasteiger partial charge in [-0.3, -0.25) is 4.79 Å². The Hall–Kier alpha value is -1.89. The molecule has 116 valence electrons. The Balaban J connectivity index is 1.77. The molecule has 0 saturated heterocycles. The summed E-state index contributed by atoms with van der Waals surface area (Å²) in [5.41, 5.74) is 3.22. The Bertz CT molecular complexity index is 675. The monoisotopic (exact) mass is 317 g/mol. The molecular formula is C15H19N5OS. The van der Waals surface area contributed by atoms with Gasteiger partial charge in [-0.15, -0.1) is 5.10 Å². The predicted molar refractivity (Wildman–Crippen MR) is 85.1 cm³/mol. The molecule has 1 aromatic heterocycles. The van der Waals surface area contributed by atoms with Crippen molar-refractivity contribution in [1.29, 1.82) is 0 Å². The molecule has 0 bridgehead atoms. The molecule has 1 aliphatic rings. The van der Waals surface area contributed by atoms with Gasteiger partial charge in [0, 0.05) is 6.04 Å². The summed E-state index contributed by atoms with van der Waals surface area (Å²) in [4.78, 5) is 12.1. The van der Waals surface area contributed by atoms with Crippen molar-refractivity contribution in [3.05, 3.63) is 29.3 Å². The molecule has 1 N–H and O–H groups in total. The number of rotatable bonds is 5. The van der Waals surface area contributed by atoms with Gasteiger partial charge in [0.25, 0.3) is 0 Å². The van der Waals surface area contributed by atoms with E-state index < -0.39 is 0 Å². The minimum Gasteiger partial charge on any atom is -0.352 e. The third-order valence-corrected chi connectivity index (χ3v) is 4.50. The lowest BCUT2D eigenvalue weighted by Crippen LogP contribution is -2.32. The third-order valence-electron chi connectivity index (χ3n) is 3.47. The molecule has 1 aromatic carbocycles. The quantitative estimate of drug-likeness (QED) is 0.854. The zero-order chi connectivity index (χ0) is 15.7. The fourth-order valence-corrected chi connectivity index (χ4v) is 3.06. The zero-order valence-electron chi connectivity index (χ0n) is 12.9. The number of nitrogens with one attached hydrogen (secondary N) is 1. The van der Waals surface area contributed by atoms with Crippen LogP contribution in [0.3, 0.4) is 0 Å². The second kappa shape index (κ2) is 6.08. The molecule has 7 heteroatoms. The summed E-state index contributed by atoms with van der Waals surface area (Å²) < 4.78 is 1.69. The largest absolute Gasteiger partial charge is 0.352 e. The lowest BCUT2D eigenvalue weighted by Gasteiger charge is -2.11. The van der Waals surface area contributed by atoms with Gasteiger partial charge in [-0.1, -0.05) is 17.8 Å².